The van der Waals surface area contributed by atoms with Gasteiger partial charge in [0.1, 0.15) is 11.3 Å². The van der Waals surface area contributed by atoms with E-state index in [1.807, 2.05) is 0 Å². The molecule has 1 heterocycles. The summed E-state index contributed by atoms with van der Waals surface area (Å²) < 4.78 is 10.1. The van der Waals surface area contributed by atoms with Crippen molar-refractivity contribution < 1.29 is 19.1 Å². The Balaban J connectivity index is 2.40. The predicted molar refractivity (Wildman–Crippen MR) is 60.4 cm³/mol. The van der Waals surface area contributed by atoms with Crippen molar-refractivity contribution in [2.24, 2.45) is 0 Å². The van der Waals surface area contributed by atoms with Crippen LogP contribution in [-0.4, -0.2) is 17.7 Å². The molecule has 5 nitrogen and oxygen atoms in total. The fourth-order valence-corrected chi connectivity index (χ4v) is 1.44. The molecule has 0 saturated carbocycles. The minimum absolute atomic E-state index is 0.378. The van der Waals surface area contributed by atoms with Gasteiger partial charge >= 0.3 is 11.6 Å². The van der Waals surface area contributed by atoms with Gasteiger partial charge in [0.2, 0.25) is 0 Å². The number of rotatable bonds is 3. The second kappa shape index (κ2) is 4.29. The van der Waals surface area contributed by atoms with Crippen LogP contribution in [0.1, 0.15) is 5.56 Å². The molecule has 0 saturated heterocycles. The summed E-state index contributed by atoms with van der Waals surface area (Å²) in [6.07, 6.45) is 0. The van der Waals surface area contributed by atoms with E-state index < -0.39 is 12.6 Å². The number of carboxylic acid groups (broad SMARTS) is 1. The highest BCUT2D eigenvalue weighted by molar-refractivity contribution is 5.78. The van der Waals surface area contributed by atoms with Crippen molar-refractivity contribution in [3.05, 3.63) is 40.2 Å². The van der Waals surface area contributed by atoms with Gasteiger partial charge in [0.15, 0.2) is 6.61 Å². The Morgan fingerprint density at radius 3 is 2.88 bits per heavy atom. The number of ether oxygens (including phenoxy) is 1. The monoisotopic (exact) mass is 234 g/mol. The van der Waals surface area contributed by atoms with Gasteiger partial charge in [-0.1, -0.05) is 0 Å². The molecular weight excluding hydrogens is 224 g/mol. The summed E-state index contributed by atoms with van der Waals surface area (Å²) in [6, 6.07) is 6.44. The Kier molecular flexibility index (Phi) is 2.82. The van der Waals surface area contributed by atoms with Crippen LogP contribution in [0.15, 0.2) is 33.5 Å². The first-order valence-electron chi connectivity index (χ1n) is 4.95. The van der Waals surface area contributed by atoms with Crippen LogP contribution in [0.4, 0.5) is 0 Å². The molecule has 2 rings (SSSR count). The largest absolute Gasteiger partial charge is 0.482 e. The smallest absolute Gasteiger partial charge is 0.341 e. The van der Waals surface area contributed by atoms with E-state index in [2.05, 4.69) is 0 Å². The molecule has 0 bridgehead atoms. The first-order valence-corrected chi connectivity index (χ1v) is 4.95. The Hall–Kier alpha value is -2.30. The molecule has 2 aromatic rings. The van der Waals surface area contributed by atoms with E-state index in [1.54, 1.807) is 31.2 Å². The maximum atomic E-state index is 11.3. The number of aliphatic carboxylic acids is 1. The summed E-state index contributed by atoms with van der Waals surface area (Å²) in [7, 11) is 0. The van der Waals surface area contributed by atoms with Crippen LogP contribution < -0.4 is 10.4 Å². The van der Waals surface area contributed by atoms with E-state index in [4.69, 9.17) is 14.3 Å². The van der Waals surface area contributed by atoms with Crippen LogP contribution in [0.5, 0.6) is 5.75 Å². The predicted octanol–water partition coefficient (Wildman–Crippen LogP) is 1.56. The number of hydrogen-bond acceptors (Lipinski definition) is 4. The van der Waals surface area contributed by atoms with E-state index in [1.165, 1.54) is 0 Å². The normalized spacial score (nSPS) is 10.4. The zero-order chi connectivity index (χ0) is 12.4. The standard InChI is InChI=1S/C12H10O5/c1-7-4-8-5-9(16-6-11(13)14)2-3-10(8)17-12(7)15/h2-5H,6H2,1H3,(H,13,14). The maximum absolute atomic E-state index is 11.3. The number of benzene rings is 1. The molecule has 0 aliphatic heterocycles. The molecule has 0 atom stereocenters. The second-order valence-electron chi connectivity index (χ2n) is 3.60. The third-order valence-corrected chi connectivity index (χ3v) is 2.24. The van der Waals surface area contributed by atoms with Gasteiger partial charge in [0.05, 0.1) is 0 Å². The first-order chi connectivity index (χ1) is 8.06. The van der Waals surface area contributed by atoms with Crippen LogP contribution in [0.25, 0.3) is 11.0 Å². The molecule has 0 unspecified atom stereocenters. The molecule has 1 aromatic carbocycles. The molecule has 0 spiro atoms. The fraction of sp³-hybridized carbons (Fsp3) is 0.167. The van der Waals surface area contributed by atoms with E-state index in [0.717, 1.165) is 0 Å². The highest BCUT2D eigenvalue weighted by atomic mass is 16.5. The lowest BCUT2D eigenvalue weighted by atomic mass is 10.2. The summed E-state index contributed by atoms with van der Waals surface area (Å²) in [5.41, 5.74) is 0.563. The molecule has 88 valence electrons. The van der Waals surface area contributed by atoms with Crippen molar-refractivity contribution in [2.45, 2.75) is 6.92 Å². The van der Waals surface area contributed by atoms with Crippen LogP contribution in [0, 0.1) is 6.92 Å². The van der Waals surface area contributed by atoms with Gasteiger partial charge in [0.25, 0.3) is 0 Å². The minimum Gasteiger partial charge on any atom is -0.482 e. The van der Waals surface area contributed by atoms with Gasteiger partial charge in [-0.2, -0.15) is 0 Å². The van der Waals surface area contributed by atoms with Crippen molar-refractivity contribution in [2.75, 3.05) is 6.61 Å². The Morgan fingerprint density at radius 2 is 2.18 bits per heavy atom. The molecule has 5 heteroatoms. The van der Waals surface area contributed by atoms with Crippen LogP contribution in [0.3, 0.4) is 0 Å². The quantitative estimate of drug-likeness (QED) is 0.815. The van der Waals surface area contributed by atoms with Crippen molar-refractivity contribution in [3.8, 4) is 5.75 Å². The van der Waals surface area contributed by atoms with E-state index in [-0.39, 0.29) is 5.63 Å². The van der Waals surface area contributed by atoms with Crippen molar-refractivity contribution in [3.63, 3.8) is 0 Å². The van der Waals surface area contributed by atoms with Crippen LogP contribution in [0.2, 0.25) is 0 Å². The average Bonchev–Trinajstić information content (AvgIpc) is 2.28. The summed E-state index contributed by atoms with van der Waals surface area (Å²) >= 11 is 0. The van der Waals surface area contributed by atoms with Crippen LogP contribution >= 0.6 is 0 Å². The zero-order valence-corrected chi connectivity index (χ0v) is 9.10. The lowest BCUT2D eigenvalue weighted by Gasteiger charge is -2.04. The molecule has 0 fully saturated rings. The third-order valence-electron chi connectivity index (χ3n) is 2.24. The molecule has 1 aromatic heterocycles. The SMILES string of the molecule is Cc1cc2cc(OCC(=O)O)ccc2oc1=O. The van der Waals surface area contributed by atoms with Crippen molar-refractivity contribution in [1.82, 2.24) is 0 Å². The van der Waals surface area contributed by atoms with Gasteiger partial charge in [-0.3, -0.25) is 0 Å². The van der Waals surface area contributed by atoms with Gasteiger partial charge in [-0.15, -0.1) is 0 Å². The van der Waals surface area contributed by atoms with E-state index in [9.17, 15) is 9.59 Å². The lowest BCUT2D eigenvalue weighted by molar-refractivity contribution is -0.139. The Labute approximate surface area is 96.2 Å². The van der Waals surface area contributed by atoms with E-state index >= 15 is 0 Å². The molecule has 0 radical (unpaired) electrons. The summed E-state index contributed by atoms with van der Waals surface area (Å²) in [6.45, 7) is 1.25. The van der Waals surface area contributed by atoms with Gasteiger partial charge < -0.3 is 14.3 Å². The molecule has 0 aliphatic carbocycles. The number of hydrogen-bond donors (Lipinski definition) is 1. The van der Waals surface area contributed by atoms with Crippen molar-refractivity contribution >= 4 is 16.9 Å². The Bertz CT molecular complexity index is 626. The minimum atomic E-state index is -1.04. The van der Waals surface area contributed by atoms with E-state index in [0.29, 0.717) is 22.3 Å². The molecule has 1 N–H and O–H groups in total. The lowest BCUT2D eigenvalue weighted by Crippen LogP contribution is -2.09. The highest BCUT2D eigenvalue weighted by Crippen LogP contribution is 2.20. The summed E-state index contributed by atoms with van der Waals surface area (Å²) in [5.74, 6) is -0.617. The summed E-state index contributed by atoms with van der Waals surface area (Å²) in [4.78, 5) is 21.6. The first kappa shape index (κ1) is 11.2. The zero-order valence-electron chi connectivity index (χ0n) is 9.10. The average molecular weight is 234 g/mol. The van der Waals surface area contributed by atoms with Gasteiger partial charge in [0, 0.05) is 10.9 Å². The number of carbonyl (C=O) groups is 1. The van der Waals surface area contributed by atoms with Crippen molar-refractivity contribution in [1.29, 1.82) is 0 Å². The number of carboxylic acids is 1. The Morgan fingerprint density at radius 1 is 1.41 bits per heavy atom. The van der Waals surface area contributed by atoms with Gasteiger partial charge in [-0.05, 0) is 31.2 Å². The van der Waals surface area contributed by atoms with Crippen LogP contribution in [-0.2, 0) is 4.79 Å². The topological polar surface area (TPSA) is 76.7 Å². The third kappa shape index (κ3) is 2.44. The summed E-state index contributed by atoms with van der Waals surface area (Å²) in [5, 5.41) is 9.18. The molecule has 0 aliphatic rings. The number of fused-ring (bicyclic) bond motifs is 1. The fourth-order valence-electron chi connectivity index (χ4n) is 1.44. The van der Waals surface area contributed by atoms with Gasteiger partial charge in [-0.25, -0.2) is 9.59 Å². The molecule has 0 amide bonds. The maximum Gasteiger partial charge on any atom is 0.341 e. The number of aryl methyl sites for hydroxylation is 1. The highest BCUT2D eigenvalue weighted by Gasteiger charge is 2.04. The molecule has 17 heavy (non-hydrogen) atoms. The second-order valence-corrected chi connectivity index (χ2v) is 3.60. The molecular formula is C12H10O5.